The third-order valence-electron chi connectivity index (χ3n) is 3.34. The Balaban J connectivity index is 2.04. The summed E-state index contributed by atoms with van der Waals surface area (Å²) in [6.45, 7) is -0.620. The number of amides is 1. The van der Waals surface area contributed by atoms with Crippen LogP contribution in [-0.2, 0) is 9.53 Å². The molecule has 0 heterocycles. The molecule has 0 aromatic heterocycles. The quantitative estimate of drug-likeness (QED) is 0.458. The maximum Gasteiger partial charge on any atom is 0.345 e. The van der Waals surface area contributed by atoms with Crippen LogP contribution in [0.25, 0.3) is 0 Å². The van der Waals surface area contributed by atoms with E-state index in [1.54, 1.807) is 18.2 Å². The van der Waals surface area contributed by atoms with Gasteiger partial charge in [-0.2, -0.15) is 0 Å². The summed E-state index contributed by atoms with van der Waals surface area (Å²) in [4.78, 5) is 34.2. The summed E-state index contributed by atoms with van der Waals surface area (Å²) in [6, 6.07) is 10.1. The van der Waals surface area contributed by atoms with Gasteiger partial charge in [0.1, 0.15) is 17.1 Å². The Morgan fingerprint density at radius 2 is 1.85 bits per heavy atom. The SMILES string of the molecule is COc1ccc(OC)c(NC(=O)COC(=O)c2ccccc2[N+](=O)[O-])c1. The number of ether oxygens (including phenoxy) is 3. The second kappa shape index (κ2) is 8.47. The first-order valence-corrected chi connectivity index (χ1v) is 7.38. The van der Waals surface area contributed by atoms with Gasteiger partial charge < -0.3 is 19.5 Å². The molecule has 0 aliphatic carbocycles. The number of nitrogens with one attached hydrogen (secondary N) is 1. The minimum Gasteiger partial charge on any atom is -0.497 e. The summed E-state index contributed by atoms with van der Waals surface area (Å²) in [6.07, 6.45) is 0. The molecular weight excluding hydrogens is 344 g/mol. The van der Waals surface area contributed by atoms with Crippen molar-refractivity contribution in [1.82, 2.24) is 0 Å². The van der Waals surface area contributed by atoms with Gasteiger partial charge in [0.25, 0.3) is 11.6 Å². The molecule has 0 unspecified atom stereocenters. The van der Waals surface area contributed by atoms with Gasteiger partial charge in [-0.15, -0.1) is 0 Å². The van der Waals surface area contributed by atoms with Gasteiger partial charge in [-0.3, -0.25) is 14.9 Å². The summed E-state index contributed by atoms with van der Waals surface area (Å²) in [5, 5.41) is 13.5. The summed E-state index contributed by atoms with van der Waals surface area (Å²) >= 11 is 0. The zero-order valence-electron chi connectivity index (χ0n) is 14.1. The number of methoxy groups -OCH3 is 2. The third-order valence-corrected chi connectivity index (χ3v) is 3.34. The number of nitrogens with zero attached hydrogens (tertiary/aromatic N) is 1. The van der Waals surface area contributed by atoms with E-state index in [-0.39, 0.29) is 5.56 Å². The van der Waals surface area contributed by atoms with Gasteiger partial charge >= 0.3 is 5.97 Å². The molecule has 0 bridgehead atoms. The highest BCUT2D eigenvalue weighted by atomic mass is 16.6. The molecule has 136 valence electrons. The second-order valence-corrected chi connectivity index (χ2v) is 4.96. The smallest absolute Gasteiger partial charge is 0.345 e. The van der Waals surface area contributed by atoms with Crippen LogP contribution in [0.15, 0.2) is 42.5 Å². The van der Waals surface area contributed by atoms with E-state index in [0.29, 0.717) is 17.2 Å². The van der Waals surface area contributed by atoms with E-state index in [4.69, 9.17) is 14.2 Å². The highest BCUT2D eigenvalue weighted by Crippen LogP contribution is 2.28. The number of hydrogen-bond donors (Lipinski definition) is 1. The van der Waals surface area contributed by atoms with E-state index >= 15 is 0 Å². The number of esters is 1. The minimum absolute atomic E-state index is 0.232. The van der Waals surface area contributed by atoms with Crippen molar-refractivity contribution in [3.8, 4) is 11.5 Å². The molecule has 0 atom stereocenters. The lowest BCUT2D eigenvalue weighted by Crippen LogP contribution is -2.21. The number of nitro benzene ring substituents is 1. The Morgan fingerprint density at radius 3 is 2.50 bits per heavy atom. The molecule has 1 N–H and O–H groups in total. The topological polar surface area (TPSA) is 117 Å². The van der Waals surface area contributed by atoms with Crippen LogP contribution in [0, 0.1) is 10.1 Å². The normalized spacial score (nSPS) is 9.92. The van der Waals surface area contributed by atoms with E-state index in [1.807, 2.05) is 0 Å². The molecule has 9 heteroatoms. The number of carbonyl (C=O) groups is 2. The summed E-state index contributed by atoms with van der Waals surface area (Å²) in [5.41, 5.74) is -0.296. The molecule has 2 aromatic rings. The molecule has 0 fully saturated rings. The fraction of sp³-hybridized carbons (Fsp3) is 0.176. The Morgan fingerprint density at radius 1 is 1.12 bits per heavy atom. The number of rotatable bonds is 7. The lowest BCUT2D eigenvalue weighted by molar-refractivity contribution is -0.385. The first-order valence-electron chi connectivity index (χ1n) is 7.38. The van der Waals surface area contributed by atoms with Gasteiger partial charge in [0.05, 0.1) is 24.8 Å². The third kappa shape index (κ3) is 4.47. The van der Waals surface area contributed by atoms with Crippen LogP contribution in [0.1, 0.15) is 10.4 Å². The molecule has 0 aliphatic rings. The number of nitro groups is 1. The van der Waals surface area contributed by atoms with Gasteiger partial charge in [-0.25, -0.2) is 4.79 Å². The van der Waals surface area contributed by atoms with Crippen molar-refractivity contribution < 1.29 is 28.7 Å². The molecule has 0 aliphatic heterocycles. The Hall–Kier alpha value is -3.62. The van der Waals surface area contributed by atoms with Gasteiger partial charge in [0.2, 0.25) is 0 Å². The molecule has 0 radical (unpaired) electrons. The highest BCUT2D eigenvalue weighted by Gasteiger charge is 2.21. The van der Waals surface area contributed by atoms with Gasteiger partial charge in [0.15, 0.2) is 6.61 Å². The van der Waals surface area contributed by atoms with Gasteiger partial charge in [-0.1, -0.05) is 12.1 Å². The molecule has 1 amide bonds. The van der Waals surface area contributed by atoms with Gasteiger partial charge in [0, 0.05) is 12.1 Å². The molecule has 9 nitrogen and oxygen atoms in total. The average molecular weight is 360 g/mol. The predicted molar refractivity (Wildman–Crippen MR) is 91.6 cm³/mol. The van der Waals surface area contributed by atoms with Crippen LogP contribution in [0.2, 0.25) is 0 Å². The minimum atomic E-state index is -0.968. The van der Waals surface area contributed by atoms with Crippen LogP contribution < -0.4 is 14.8 Å². The van der Waals surface area contributed by atoms with E-state index < -0.39 is 29.1 Å². The van der Waals surface area contributed by atoms with Crippen LogP contribution in [0.4, 0.5) is 11.4 Å². The summed E-state index contributed by atoms with van der Waals surface area (Å²) in [5.74, 6) is -0.712. The Labute approximate surface area is 148 Å². The average Bonchev–Trinajstić information content (AvgIpc) is 2.65. The monoisotopic (exact) mass is 360 g/mol. The molecular formula is C17H16N2O7. The van der Waals surface area contributed by atoms with Crippen molar-refractivity contribution >= 4 is 23.3 Å². The van der Waals surface area contributed by atoms with Crippen molar-refractivity contribution in [2.24, 2.45) is 0 Å². The fourth-order valence-electron chi connectivity index (χ4n) is 2.11. The molecule has 26 heavy (non-hydrogen) atoms. The number of carbonyl (C=O) groups excluding carboxylic acids is 2. The zero-order chi connectivity index (χ0) is 19.1. The first-order chi connectivity index (χ1) is 12.5. The Bertz CT molecular complexity index is 836. The largest absolute Gasteiger partial charge is 0.497 e. The summed E-state index contributed by atoms with van der Waals surface area (Å²) < 4.78 is 15.1. The van der Waals surface area contributed by atoms with Crippen LogP contribution >= 0.6 is 0 Å². The Kier molecular flexibility index (Phi) is 6.10. The second-order valence-electron chi connectivity index (χ2n) is 4.96. The molecule has 0 saturated carbocycles. The van der Waals surface area contributed by atoms with Crippen LogP contribution in [0.5, 0.6) is 11.5 Å². The number of anilines is 1. The number of hydrogen-bond acceptors (Lipinski definition) is 7. The first kappa shape index (κ1) is 18.7. The standard InChI is InChI=1S/C17H16N2O7/c1-24-11-7-8-15(25-2)13(9-11)18-16(20)10-26-17(21)12-5-3-4-6-14(12)19(22)23/h3-9H,10H2,1-2H3,(H,18,20). The van der Waals surface area contributed by atoms with Crippen molar-refractivity contribution in [2.75, 3.05) is 26.1 Å². The maximum atomic E-state index is 12.0. The number of para-hydroxylation sites is 1. The maximum absolute atomic E-state index is 12.0. The van der Waals surface area contributed by atoms with E-state index in [9.17, 15) is 19.7 Å². The summed E-state index contributed by atoms with van der Waals surface area (Å²) in [7, 11) is 2.91. The fourth-order valence-corrected chi connectivity index (χ4v) is 2.11. The van der Waals surface area contributed by atoms with Crippen molar-refractivity contribution in [2.45, 2.75) is 0 Å². The van der Waals surface area contributed by atoms with E-state index in [2.05, 4.69) is 5.32 Å². The van der Waals surface area contributed by atoms with E-state index in [1.165, 1.54) is 38.5 Å². The molecule has 2 aromatic carbocycles. The lowest BCUT2D eigenvalue weighted by atomic mass is 10.2. The zero-order valence-corrected chi connectivity index (χ0v) is 14.1. The van der Waals surface area contributed by atoms with E-state index in [0.717, 1.165) is 0 Å². The highest BCUT2D eigenvalue weighted by molar-refractivity contribution is 5.98. The van der Waals surface area contributed by atoms with Crippen molar-refractivity contribution in [3.63, 3.8) is 0 Å². The molecule has 0 spiro atoms. The van der Waals surface area contributed by atoms with Crippen LogP contribution in [-0.4, -0.2) is 37.6 Å². The lowest BCUT2D eigenvalue weighted by Gasteiger charge is -2.12. The predicted octanol–water partition coefficient (Wildman–Crippen LogP) is 2.41. The molecule has 2 rings (SSSR count). The van der Waals surface area contributed by atoms with Crippen LogP contribution in [0.3, 0.4) is 0 Å². The molecule has 0 saturated heterocycles. The van der Waals surface area contributed by atoms with Crippen molar-refractivity contribution in [3.05, 3.63) is 58.1 Å². The van der Waals surface area contributed by atoms with Crippen molar-refractivity contribution in [1.29, 1.82) is 0 Å². The number of benzene rings is 2. The van der Waals surface area contributed by atoms with Gasteiger partial charge in [-0.05, 0) is 18.2 Å².